The number of amides is 3. The summed E-state index contributed by atoms with van der Waals surface area (Å²) < 4.78 is 0. The van der Waals surface area contributed by atoms with Crippen LogP contribution in [0.5, 0.6) is 0 Å². The predicted octanol–water partition coefficient (Wildman–Crippen LogP) is 2.63. The predicted molar refractivity (Wildman–Crippen MR) is 84.7 cm³/mol. The number of thioether (sulfide) groups is 1. The second-order valence-electron chi connectivity index (χ2n) is 6.66. The maximum Gasteiger partial charge on any atom is 0.325 e. The summed E-state index contributed by atoms with van der Waals surface area (Å²) in [5.41, 5.74) is 1.81. The Hall–Kier alpha value is -1.49. The molecule has 4 nitrogen and oxygen atoms in total. The van der Waals surface area contributed by atoms with Gasteiger partial charge in [0.1, 0.15) is 0 Å². The molecule has 0 saturated carbocycles. The highest BCUT2D eigenvalue weighted by atomic mass is 32.2. The molecule has 3 amide bonds. The molecule has 1 aromatic rings. The molecule has 0 bridgehead atoms. The highest BCUT2D eigenvalue weighted by molar-refractivity contribution is 7.99. The molecule has 1 N–H and O–H groups in total. The number of nitrogens with one attached hydrogen (secondary N) is 1. The molecular weight excluding hydrogens is 284 g/mol. The second kappa shape index (κ2) is 5.05. The molecule has 5 heteroatoms. The van der Waals surface area contributed by atoms with E-state index in [1.165, 1.54) is 10.5 Å². The number of imide groups is 1. The number of hydrogen-bond donors (Lipinski definition) is 1. The molecule has 1 aromatic carbocycles. The van der Waals surface area contributed by atoms with Crippen molar-refractivity contribution in [2.75, 3.05) is 11.5 Å². The van der Waals surface area contributed by atoms with Crippen LogP contribution in [0.25, 0.3) is 0 Å². The quantitative estimate of drug-likeness (QED) is 0.811. The van der Waals surface area contributed by atoms with Gasteiger partial charge in [-0.3, -0.25) is 9.69 Å². The summed E-state index contributed by atoms with van der Waals surface area (Å²) in [6.07, 6.45) is 0. The summed E-state index contributed by atoms with van der Waals surface area (Å²) in [4.78, 5) is 26.0. The van der Waals surface area contributed by atoms with E-state index in [2.05, 4.69) is 26.1 Å². The molecule has 0 spiro atoms. The standard InChI is InChI=1S/C16H20N2O2S/c1-16(2,3)11-6-4-10(5-7-11)14(19)18-13-9-21-8-12(13)17-15(18)20/h4-7,12-13H,8-9H2,1-3H3,(H,17,20)/t12-,13+/m1/s1. The zero-order valence-corrected chi connectivity index (χ0v) is 13.4. The molecule has 0 radical (unpaired) electrons. The van der Waals surface area contributed by atoms with Crippen molar-refractivity contribution >= 4 is 23.7 Å². The molecule has 2 aliphatic heterocycles. The molecule has 0 unspecified atom stereocenters. The van der Waals surface area contributed by atoms with Crippen molar-refractivity contribution < 1.29 is 9.59 Å². The molecule has 2 aliphatic rings. The topological polar surface area (TPSA) is 49.4 Å². The highest BCUT2D eigenvalue weighted by Gasteiger charge is 2.45. The molecule has 2 atom stereocenters. The van der Waals surface area contributed by atoms with Gasteiger partial charge in [-0.1, -0.05) is 32.9 Å². The van der Waals surface area contributed by atoms with Crippen molar-refractivity contribution in [2.24, 2.45) is 0 Å². The normalized spacial score (nSPS) is 24.9. The van der Waals surface area contributed by atoms with Gasteiger partial charge in [0, 0.05) is 17.1 Å². The van der Waals surface area contributed by atoms with Gasteiger partial charge < -0.3 is 5.32 Å². The van der Waals surface area contributed by atoms with E-state index in [1.54, 1.807) is 11.8 Å². The minimum absolute atomic E-state index is 0.00251. The lowest BCUT2D eigenvalue weighted by atomic mass is 9.86. The fraction of sp³-hybridized carbons (Fsp3) is 0.500. The Kier molecular flexibility index (Phi) is 3.48. The Morgan fingerprint density at radius 2 is 1.90 bits per heavy atom. The van der Waals surface area contributed by atoms with Crippen LogP contribution in [-0.2, 0) is 5.41 Å². The number of rotatable bonds is 1. The average molecular weight is 304 g/mol. The van der Waals surface area contributed by atoms with Gasteiger partial charge in [0.25, 0.3) is 5.91 Å². The van der Waals surface area contributed by atoms with Crippen molar-refractivity contribution in [3.8, 4) is 0 Å². The largest absolute Gasteiger partial charge is 0.332 e. The van der Waals surface area contributed by atoms with Crippen LogP contribution in [0.3, 0.4) is 0 Å². The SMILES string of the molecule is CC(C)(C)c1ccc(C(=O)N2C(=O)N[C@@H]3CSC[C@@H]32)cc1. The molecule has 2 fully saturated rings. The summed E-state index contributed by atoms with van der Waals surface area (Å²) in [5, 5.41) is 2.90. The van der Waals surface area contributed by atoms with Gasteiger partial charge >= 0.3 is 6.03 Å². The van der Waals surface area contributed by atoms with Gasteiger partial charge in [0.05, 0.1) is 12.1 Å². The van der Waals surface area contributed by atoms with Crippen LogP contribution >= 0.6 is 11.8 Å². The molecule has 2 saturated heterocycles. The number of benzene rings is 1. The molecule has 112 valence electrons. The van der Waals surface area contributed by atoms with Crippen LogP contribution in [0.1, 0.15) is 36.7 Å². The Balaban J connectivity index is 1.83. The van der Waals surface area contributed by atoms with Crippen LogP contribution in [0.15, 0.2) is 24.3 Å². The first-order chi connectivity index (χ1) is 9.88. The average Bonchev–Trinajstić information content (AvgIpc) is 2.97. The second-order valence-corrected chi connectivity index (χ2v) is 7.74. The van der Waals surface area contributed by atoms with Crippen molar-refractivity contribution in [2.45, 2.75) is 38.3 Å². The lowest BCUT2D eigenvalue weighted by molar-refractivity contribution is 0.0791. The molecule has 0 aliphatic carbocycles. The molecule has 21 heavy (non-hydrogen) atoms. The summed E-state index contributed by atoms with van der Waals surface area (Å²) in [5.74, 6) is 1.53. The van der Waals surface area contributed by atoms with E-state index in [1.807, 2.05) is 24.3 Å². The zero-order valence-electron chi connectivity index (χ0n) is 12.6. The number of fused-ring (bicyclic) bond motifs is 1. The maximum atomic E-state index is 12.6. The Morgan fingerprint density at radius 3 is 2.52 bits per heavy atom. The molecular formula is C16H20N2O2S. The van der Waals surface area contributed by atoms with Gasteiger partial charge in [0.15, 0.2) is 0 Å². The number of urea groups is 1. The summed E-state index contributed by atoms with van der Waals surface area (Å²) in [7, 11) is 0. The van der Waals surface area contributed by atoms with Crippen molar-refractivity contribution in [1.29, 1.82) is 0 Å². The van der Waals surface area contributed by atoms with E-state index >= 15 is 0 Å². The van der Waals surface area contributed by atoms with Crippen molar-refractivity contribution in [1.82, 2.24) is 10.2 Å². The zero-order chi connectivity index (χ0) is 15.2. The number of nitrogens with zero attached hydrogens (tertiary/aromatic N) is 1. The van der Waals surface area contributed by atoms with Gasteiger partial charge in [-0.2, -0.15) is 11.8 Å². The van der Waals surface area contributed by atoms with E-state index in [0.29, 0.717) is 5.56 Å². The fourth-order valence-electron chi connectivity index (χ4n) is 2.81. The van der Waals surface area contributed by atoms with Gasteiger partial charge in [-0.15, -0.1) is 0 Å². The third-order valence-electron chi connectivity index (χ3n) is 4.13. The third kappa shape index (κ3) is 2.55. The lowest BCUT2D eigenvalue weighted by Gasteiger charge is -2.21. The minimum atomic E-state index is -0.254. The van der Waals surface area contributed by atoms with E-state index in [9.17, 15) is 9.59 Å². The van der Waals surface area contributed by atoms with E-state index in [4.69, 9.17) is 0 Å². The first-order valence-electron chi connectivity index (χ1n) is 7.20. The molecule has 2 heterocycles. The number of carbonyl (C=O) groups is 2. The summed E-state index contributed by atoms with van der Waals surface area (Å²) in [6, 6.07) is 7.45. The number of carbonyl (C=O) groups excluding carboxylic acids is 2. The highest BCUT2D eigenvalue weighted by Crippen LogP contribution is 2.29. The van der Waals surface area contributed by atoms with Crippen LogP contribution in [-0.4, -0.2) is 40.4 Å². The Bertz CT molecular complexity index is 577. The lowest BCUT2D eigenvalue weighted by Crippen LogP contribution is -2.41. The van der Waals surface area contributed by atoms with Crippen LogP contribution < -0.4 is 5.32 Å². The van der Waals surface area contributed by atoms with Gasteiger partial charge in [0.2, 0.25) is 0 Å². The monoisotopic (exact) mass is 304 g/mol. The van der Waals surface area contributed by atoms with E-state index in [0.717, 1.165) is 11.5 Å². The first kappa shape index (κ1) is 14.4. The van der Waals surface area contributed by atoms with Crippen LogP contribution in [0.4, 0.5) is 4.79 Å². The van der Waals surface area contributed by atoms with Crippen LogP contribution in [0.2, 0.25) is 0 Å². The van der Waals surface area contributed by atoms with Crippen molar-refractivity contribution in [3.05, 3.63) is 35.4 Å². The van der Waals surface area contributed by atoms with E-state index < -0.39 is 0 Å². The number of hydrogen-bond acceptors (Lipinski definition) is 3. The minimum Gasteiger partial charge on any atom is -0.332 e. The summed E-state index contributed by atoms with van der Waals surface area (Å²) >= 11 is 1.78. The molecule has 3 rings (SSSR count). The van der Waals surface area contributed by atoms with E-state index in [-0.39, 0.29) is 29.4 Å². The van der Waals surface area contributed by atoms with Gasteiger partial charge in [-0.05, 0) is 23.1 Å². The summed E-state index contributed by atoms with van der Waals surface area (Å²) in [6.45, 7) is 6.41. The van der Waals surface area contributed by atoms with Crippen LogP contribution in [0, 0.1) is 0 Å². The Labute approximate surface area is 129 Å². The molecule has 0 aromatic heterocycles. The fourth-order valence-corrected chi connectivity index (χ4v) is 4.13. The first-order valence-corrected chi connectivity index (χ1v) is 8.36. The maximum absolute atomic E-state index is 12.6. The Morgan fingerprint density at radius 1 is 1.24 bits per heavy atom. The van der Waals surface area contributed by atoms with Gasteiger partial charge in [-0.25, -0.2) is 4.79 Å². The smallest absolute Gasteiger partial charge is 0.325 e. The third-order valence-corrected chi connectivity index (χ3v) is 5.30. The van der Waals surface area contributed by atoms with Crippen molar-refractivity contribution in [3.63, 3.8) is 0 Å².